The number of nitrogens with zero attached hydrogens (tertiary/aromatic N) is 1. The van der Waals surface area contributed by atoms with Crippen molar-refractivity contribution in [3.8, 4) is 0 Å². The lowest BCUT2D eigenvalue weighted by Gasteiger charge is -2.34. The molecule has 78 heavy (non-hydrogen) atoms. The maximum absolute atomic E-state index is 14.2. The van der Waals surface area contributed by atoms with Gasteiger partial charge in [0.2, 0.25) is 53.2 Å². The lowest BCUT2D eigenvalue weighted by molar-refractivity contribution is -0.139. The molecule has 0 radical (unpaired) electrons. The average molecular weight is 1100 g/mol. The Morgan fingerprint density at radius 2 is 1.03 bits per heavy atom. The standard InChI is InChI=1S/C59H102N10O9/c1-17-18-19-20-21-22-27-44(62-49(71)43-29-28-41-25-23-24-26-42(41)35-43)50(72)63-46(33-38(4)5)52(74)66-58(11,12)55(77)65-45(32-37(2)3)51(73)64-47(34-39(6)7)53(75)67-59(13,14)56(78)68-57(9,10)54(76)60-31-30-48(70)61-40(8)36-69(15)16/h23-26,37-40,43-47H,17-22,27-36H2,1-16H3,(H,60,76)(H,61,70)(H,62,71)(H,63,72)(H,64,73)(H,65,77)(H,66,74)(H,67,75)(H,68,78)/t40-,43?,44-,45-,46-,47-/m0/s1. The summed E-state index contributed by atoms with van der Waals surface area (Å²) in [5, 5.41) is 25.4. The summed E-state index contributed by atoms with van der Waals surface area (Å²) in [4.78, 5) is 126. The molecule has 9 amide bonds. The summed E-state index contributed by atoms with van der Waals surface area (Å²) in [5.74, 6) is -5.23. The molecule has 1 aromatic rings. The first-order valence-corrected chi connectivity index (χ1v) is 28.8. The maximum atomic E-state index is 14.2. The molecule has 0 spiro atoms. The molecule has 19 nitrogen and oxygen atoms in total. The normalized spacial score (nSPS) is 15.7. The second-order valence-electron chi connectivity index (χ2n) is 24.9. The summed E-state index contributed by atoms with van der Waals surface area (Å²) in [7, 11) is 3.80. The van der Waals surface area contributed by atoms with Gasteiger partial charge >= 0.3 is 0 Å². The van der Waals surface area contributed by atoms with Crippen LogP contribution in [0.25, 0.3) is 0 Å². The van der Waals surface area contributed by atoms with Crippen molar-refractivity contribution in [3.63, 3.8) is 0 Å². The molecule has 0 fully saturated rings. The second-order valence-corrected chi connectivity index (χ2v) is 24.9. The van der Waals surface area contributed by atoms with Gasteiger partial charge in [0.05, 0.1) is 0 Å². The van der Waals surface area contributed by atoms with Crippen LogP contribution in [0.2, 0.25) is 0 Å². The quantitative estimate of drug-likeness (QED) is 0.0423. The lowest BCUT2D eigenvalue weighted by Crippen LogP contribution is -2.65. The Balaban J connectivity index is 2.21. The number of fused-ring (bicyclic) bond motifs is 1. The van der Waals surface area contributed by atoms with E-state index in [2.05, 4.69) is 60.8 Å². The molecule has 1 aliphatic carbocycles. The highest BCUT2D eigenvalue weighted by Gasteiger charge is 2.40. The molecule has 9 N–H and O–H groups in total. The highest BCUT2D eigenvalue weighted by atomic mass is 16.2. The molecule has 0 aliphatic heterocycles. The van der Waals surface area contributed by atoms with Gasteiger partial charge in [-0.1, -0.05) is 111 Å². The molecule has 1 aromatic carbocycles. The van der Waals surface area contributed by atoms with Gasteiger partial charge in [-0.15, -0.1) is 0 Å². The Labute approximate surface area is 467 Å². The van der Waals surface area contributed by atoms with E-state index < -0.39 is 82.1 Å². The molecule has 0 saturated carbocycles. The molecule has 0 saturated heterocycles. The molecular weight excluding hydrogens is 993 g/mol. The minimum Gasteiger partial charge on any atom is -0.354 e. The van der Waals surface area contributed by atoms with Crippen molar-refractivity contribution in [1.29, 1.82) is 0 Å². The van der Waals surface area contributed by atoms with Gasteiger partial charge in [-0.25, -0.2) is 0 Å². The minimum absolute atomic E-state index is 0.0367. The van der Waals surface area contributed by atoms with Crippen molar-refractivity contribution >= 4 is 53.2 Å². The van der Waals surface area contributed by atoms with E-state index >= 15 is 0 Å². The van der Waals surface area contributed by atoms with Gasteiger partial charge < -0.3 is 52.8 Å². The van der Waals surface area contributed by atoms with Crippen molar-refractivity contribution < 1.29 is 43.2 Å². The van der Waals surface area contributed by atoms with Crippen LogP contribution in [0.15, 0.2) is 24.3 Å². The molecular formula is C59H102N10O9. The third-order valence-corrected chi connectivity index (χ3v) is 13.9. The summed E-state index contributed by atoms with van der Waals surface area (Å²) >= 11 is 0. The smallest absolute Gasteiger partial charge is 0.246 e. The zero-order chi connectivity index (χ0) is 59.1. The van der Waals surface area contributed by atoms with Crippen LogP contribution in [-0.2, 0) is 56.0 Å². The summed E-state index contributed by atoms with van der Waals surface area (Å²) in [6.45, 7) is 25.0. The van der Waals surface area contributed by atoms with Crippen LogP contribution < -0.4 is 47.9 Å². The van der Waals surface area contributed by atoms with Crippen LogP contribution in [0.5, 0.6) is 0 Å². The van der Waals surface area contributed by atoms with E-state index in [9.17, 15) is 43.2 Å². The highest BCUT2D eigenvalue weighted by Crippen LogP contribution is 2.26. The number of benzene rings is 1. The zero-order valence-corrected chi connectivity index (χ0v) is 50.4. The zero-order valence-electron chi connectivity index (χ0n) is 50.4. The Bertz CT molecular complexity index is 2160. The third-order valence-electron chi connectivity index (χ3n) is 13.9. The molecule has 19 heteroatoms. The van der Waals surface area contributed by atoms with Gasteiger partial charge in [-0.3, -0.25) is 43.2 Å². The van der Waals surface area contributed by atoms with Crippen molar-refractivity contribution in [2.75, 3.05) is 27.2 Å². The monoisotopic (exact) mass is 1090 g/mol. The number of amides is 9. The summed E-state index contributed by atoms with van der Waals surface area (Å²) in [6.07, 6.45) is 9.02. The first-order chi connectivity index (χ1) is 36.3. The minimum atomic E-state index is -1.59. The lowest BCUT2D eigenvalue weighted by atomic mass is 9.83. The topological polar surface area (TPSA) is 265 Å². The van der Waals surface area contributed by atoms with Crippen molar-refractivity contribution in [2.24, 2.45) is 23.7 Å². The van der Waals surface area contributed by atoms with Crippen molar-refractivity contribution in [1.82, 2.24) is 52.8 Å². The van der Waals surface area contributed by atoms with E-state index in [-0.39, 0.29) is 73.8 Å². The van der Waals surface area contributed by atoms with Crippen LogP contribution in [0.4, 0.5) is 0 Å². The van der Waals surface area contributed by atoms with Gasteiger partial charge in [0.15, 0.2) is 0 Å². The Hall–Kier alpha value is -5.59. The van der Waals surface area contributed by atoms with Gasteiger partial charge in [-0.2, -0.15) is 0 Å². The second kappa shape index (κ2) is 32.5. The number of aryl methyl sites for hydroxylation is 1. The number of likely N-dealkylation sites (N-methyl/N-ethyl adjacent to an activating group) is 1. The van der Waals surface area contributed by atoms with Gasteiger partial charge in [0.25, 0.3) is 0 Å². The molecule has 0 heterocycles. The number of hydrogen-bond donors (Lipinski definition) is 9. The Morgan fingerprint density at radius 3 is 1.55 bits per heavy atom. The largest absolute Gasteiger partial charge is 0.354 e. The maximum Gasteiger partial charge on any atom is 0.246 e. The van der Waals surface area contributed by atoms with E-state index in [1.54, 1.807) is 0 Å². The fraction of sp³-hybridized carbons (Fsp3) is 0.746. The van der Waals surface area contributed by atoms with Crippen LogP contribution in [0.3, 0.4) is 0 Å². The highest BCUT2D eigenvalue weighted by molar-refractivity contribution is 5.99. The van der Waals surface area contributed by atoms with E-state index in [0.717, 1.165) is 50.5 Å². The molecule has 1 unspecified atom stereocenters. The summed E-state index contributed by atoms with van der Waals surface area (Å²) in [5.41, 5.74) is -2.23. The number of carbonyl (C=O) groups is 9. The number of hydrogen-bond acceptors (Lipinski definition) is 10. The van der Waals surface area contributed by atoms with Crippen LogP contribution in [0.1, 0.15) is 185 Å². The molecule has 0 bridgehead atoms. The number of carbonyl (C=O) groups excluding carboxylic acids is 9. The predicted octanol–water partition coefficient (Wildman–Crippen LogP) is 4.88. The van der Waals surface area contributed by atoms with Crippen LogP contribution in [0, 0.1) is 23.7 Å². The van der Waals surface area contributed by atoms with E-state index in [4.69, 9.17) is 0 Å². The average Bonchev–Trinajstić information content (AvgIpc) is 3.32. The first kappa shape index (κ1) is 68.5. The van der Waals surface area contributed by atoms with Gasteiger partial charge in [0.1, 0.15) is 40.8 Å². The van der Waals surface area contributed by atoms with E-state index in [1.807, 2.05) is 85.7 Å². The van der Waals surface area contributed by atoms with E-state index in [1.165, 1.54) is 47.1 Å². The number of unbranched alkanes of at least 4 members (excludes halogenated alkanes) is 5. The Morgan fingerprint density at radius 1 is 0.551 bits per heavy atom. The van der Waals surface area contributed by atoms with E-state index in [0.29, 0.717) is 25.8 Å². The van der Waals surface area contributed by atoms with Crippen molar-refractivity contribution in [3.05, 3.63) is 35.4 Å². The SMILES string of the molecule is CCCCCCCC[C@H](NC(=O)C1CCc2ccccc2C1)C(=O)N[C@@H](CC(C)C)C(=O)NC(C)(C)C(=O)N[C@@H](CC(C)C)C(=O)N[C@@H](CC(C)C)C(=O)NC(C)(C)C(=O)NC(C)(C)C(=O)NCCC(=O)N[C@@H](C)CN(C)C. The number of nitrogens with one attached hydrogen (secondary N) is 9. The third kappa shape index (κ3) is 24.6. The molecule has 0 aromatic heterocycles. The Kier molecular flexibility index (Phi) is 28.5. The molecule has 442 valence electrons. The van der Waals surface area contributed by atoms with Gasteiger partial charge in [-0.05, 0) is 136 Å². The molecule has 6 atom stereocenters. The van der Waals surface area contributed by atoms with Crippen LogP contribution >= 0.6 is 0 Å². The van der Waals surface area contributed by atoms with Crippen molar-refractivity contribution in [2.45, 2.75) is 234 Å². The number of rotatable bonds is 34. The summed E-state index contributed by atoms with van der Waals surface area (Å²) < 4.78 is 0. The molecule has 1 aliphatic rings. The fourth-order valence-corrected chi connectivity index (χ4v) is 9.45. The summed E-state index contributed by atoms with van der Waals surface area (Å²) in [6, 6.07) is 3.80. The van der Waals surface area contributed by atoms with Crippen LogP contribution in [-0.4, -0.2) is 132 Å². The predicted molar refractivity (Wildman–Crippen MR) is 306 cm³/mol. The molecule has 2 rings (SSSR count). The first-order valence-electron chi connectivity index (χ1n) is 28.8. The van der Waals surface area contributed by atoms with Gasteiger partial charge in [0, 0.05) is 31.5 Å². The fourth-order valence-electron chi connectivity index (χ4n) is 9.45.